The lowest BCUT2D eigenvalue weighted by Gasteiger charge is -2.05. The molecule has 2 rings (SSSR count). The van der Waals surface area contributed by atoms with Gasteiger partial charge in [0.2, 0.25) is 0 Å². The predicted molar refractivity (Wildman–Crippen MR) is 122 cm³/mol. The molecule has 2 aromatic rings. The normalized spacial score (nSPS) is 11.6. The van der Waals surface area contributed by atoms with Crippen LogP contribution >= 0.6 is 0 Å². The van der Waals surface area contributed by atoms with Crippen molar-refractivity contribution in [1.29, 1.82) is 0 Å². The molecule has 0 atom stereocenters. The molecule has 0 aliphatic rings. The Kier molecular flexibility index (Phi) is 10.4. The smallest absolute Gasteiger partial charge is 0.160 e. The van der Waals surface area contributed by atoms with E-state index in [0.29, 0.717) is 6.42 Å². The van der Waals surface area contributed by atoms with Gasteiger partial charge in [-0.3, -0.25) is 0 Å². The van der Waals surface area contributed by atoms with Crippen molar-refractivity contribution in [1.82, 2.24) is 0 Å². The Balaban J connectivity index is 1.45. The Morgan fingerprint density at radius 2 is 1.07 bits per heavy atom. The quantitative estimate of drug-likeness (QED) is 0.172. The number of hydrogen-bond acceptors (Lipinski definition) is 4. The highest BCUT2D eigenvalue weighted by Gasteiger charge is 2.05. The summed E-state index contributed by atoms with van der Waals surface area (Å²) in [6, 6.07) is 10.2. The van der Waals surface area contributed by atoms with Crippen molar-refractivity contribution >= 4 is 0 Å². The summed E-state index contributed by atoms with van der Waals surface area (Å²) in [7, 11) is 0. The van der Waals surface area contributed by atoms with E-state index in [1.165, 1.54) is 31.4 Å². The third-order valence-electron chi connectivity index (χ3n) is 5.20. The lowest BCUT2D eigenvalue weighted by atomic mass is 10.0. The second kappa shape index (κ2) is 13.4. The van der Waals surface area contributed by atoms with Crippen LogP contribution < -0.4 is 0 Å². The van der Waals surface area contributed by atoms with Crippen molar-refractivity contribution in [2.24, 2.45) is 0 Å². The maximum atomic E-state index is 9.78. The Morgan fingerprint density at radius 3 is 1.73 bits per heavy atom. The van der Waals surface area contributed by atoms with Crippen LogP contribution in [0.4, 0.5) is 0 Å². The van der Waals surface area contributed by atoms with Crippen LogP contribution in [-0.4, -0.2) is 20.4 Å². The lowest BCUT2D eigenvalue weighted by molar-refractivity contribution is 0.398. The molecule has 0 saturated carbocycles. The van der Waals surface area contributed by atoms with Gasteiger partial charge in [0.1, 0.15) is 0 Å². The topological polar surface area (TPSA) is 80.9 Å². The van der Waals surface area contributed by atoms with Gasteiger partial charge in [-0.05, 0) is 68.2 Å². The van der Waals surface area contributed by atoms with Crippen molar-refractivity contribution in [2.45, 2.75) is 64.2 Å². The van der Waals surface area contributed by atoms with Crippen LogP contribution in [0.15, 0.2) is 60.7 Å². The first kappa shape index (κ1) is 23.4. The van der Waals surface area contributed by atoms with Crippen molar-refractivity contribution in [2.75, 3.05) is 0 Å². The number of benzene rings is 2. The lowest BCUT2D eigenvalue weighted by Crippen LogP contribution is -1.87. The standard InChI is InChI=1S/C26H34O4/c27-23-19-13-17-21(25(23)29)15-11-9-7-5-3-1-2-4-6-8-10-12-16-22-18-14-20-24(28)26(22)30/h1,3,7,9,13-14,17-20,27-30H,2,4-6,8,10-12,15-16H2. The zero-order valence-corrected chi connectivity index (χ0v) is 17.6. The number of aromatic hydroxyl groups is 4. The molecule has 0 bridgehead atoms. The summed E-state index contributed by atoms with van der Waals surface area (Å²) < 4.78 is 0. The molecule has 0 unspecified atom stereocenters. The van der Waals surface area contributed by atoms with Gasteiger partial charge in [-0.1, -0.05) is 67.8 Å². The minimum absolute atomic E-state index is 0.0108. The van der Waals surface area contributed by atoms with Gasteiger partial charge in [-0.2, -0.15) is 0 Å². The molecule has 0 fully saturated rings. The maximum Gasteiger partial charge on any atom is 0.160 e. The van der Waals surface area contributed by atoms with E-state index in [2.05, 4.69) is 24.3 Å². The van der Waals surface area contributed by atoms with E-state index >= 15 is 0 Å². The van der Waals surface area contributed by atoms with E-state index in [9.17, 15) is 20.4 Å². The molecule has 0 amide bonds. The van der Waals surface area contributed by atoms with Gasteiger partial charge in [0.25, 0.3) is 0 Å². The minimum Gasteiger partial charge on any atom is -0.504 e. The van der Waals surface area contributed by atoms with Crippen molar-refractivity contribution in [3.05, 3.63) is 71.8 Å². The molecule has 0 aliphatic heterocycles. The highest BCUT2D eigenvalue weighted by molar-refractivity contribution is 5.45. The zero-order valence-electron chi connectivity index (χ0n) is 17.6. The summed E-state index contributed by atoms with van der Waals surface area (Å²) in [5.74, 6) is -0.0855. The van der Waals surface area contributed by atoms with E-state index in [-0.39, 0.29) is 23.0 Å². The largest absolute Gasteiger partial charge is 0.504 e. The molecule has 4 N–H and O–H groups in total. The molecule has 0 aliphatic carbocycles. The molecule has 2 aromatic carbocycles. The molecule has 0 saturated heterocycles. The second-order valence-corrected chi connectivity index (χ2v) is 7.59. The minimum atomic E-state index is -0.0600. The summed E-state index contributed by atoms with van der Waals surface area (Å²) in [5.41, 5.74) is 1.60. The number of phenolic OH excluding ortho intramolecular Hbond substituents is 4. The predicted octanol–water partition coefficient (Wildman–Crippen LogP) is 6.53. The Labute approximate surface area is 179 Å². The highest BCUT2D eigenvalue weighted by atomic mass is 16.3. The first-order chi connectivity index (χ1) is 14.6. The van der Waals surface area contributed by atoms with Gasteiger partial charge in [0.15, 0.2) is 23.0 Å². The van der Waals surface area contributed by atoms with Crippen molar-refractivity contribution in [3.8, 4) is 23.0 Å². The van der Waals surface area contributed by atoms with Crippen LogP contribution in [-0.2, 0) is 12.8 Å². The van der Waals surface area contributed by atoms with Gasteiger partial charge < -0.3 is 20.4 Å². The molecular formula is C26H34O4. The average molecular weight is 411 g/mol. The third kappa shape index (κ3) is 8.24. The van der Waals surface area contributed by atoms with E-state index in [4.69, 9.17) is 0 Å². The number of rotatable bonds is 13. The first-order valence-corrected chi connectivity index (χ1v) is 10.9. The molecule has 30 heavy (non-hydrogen) atoms. The molecule has 4 heteroatoms. The summed E-state index contributed by atoms with van der Waals surface area (Å²) in [5, 5.41) is 38.5. The van der Waals surface area contributed by atoms with Crippen molar-refractivity contribution < 1.29 is 20.4 Å². The highest BCUT2D eigenvalue weighted by Crippen LogP contribution is 2.30. The third-order valence-corrected chi connectivity index (χ3v) is 5.20. The molecule has 0 spiro atoms. The van der Waals surface area contributed by atoms with Crippen LogP contribution in [0.1, 0.15) is 62.5 Å². The van der Waals surface area contributed by atoms with Gasteiger partial charge in [-0.15, -0.1) is 0 Å². The van der Waals surface area contributed by atoms with E-state index < -0.39 is 0 Å². The van der Waals surface area contributed by atoms with Crippen LogP contribution in [0.25, 0.3) is 0 Å². The first-order valence-electron chi connectivity index (χ1n) is 10.9. The summed E-state index contributed by atoms with van der Waals surface area (Å²) in [6.07, 6.45) is 18.8. The van der Waals surface area contributed by atoms with Gasteiger partial charge in [-0.25, -0.2) is 0 Å². The summed E-state index contributed by atoms with van der Waals surface area (Å²) in [4.78, 5) is 0. The number of unbranched alkanes of at least 4 members (excludes halogenated alkanes) is 5. The average Bonchev–Trinajstić information content (AvgIpc) is 2.74. The fourth-order valence-electron chi connectivity index (χ4n) is 3.41. The molecule has 0 heterocycles. The van der Waals surface area contributed by atoms with E-state index in [1.807, 2.05) is 12.1 Å². The molecular weight excluding hydrogens is 376 g/mol. The Morgan fingerprint density at radius 1 is 0.533 bits per heavy atom. The number of phenols is 4. The number of hydrogen-bond donors (Lipinski definition) is 4. The molecule has 0 radical (unpaired) electrons. The fourth-order valence-corrected chi connectivity index (χ4v) is 3.41. The van der Waals surface area contributed by atoms with Crippen LogP contribution in [0.2, 0.25) is 0 Å². The number of allylic oxidation sites excluding steroid dienone is 4. The second-order valence-electron chi connectivity index (χ2n) is 7.59. The van der Waals surface area contributed by atoms with Crippen LogP contribution in [0, 0.1) is 0 Å². The van der Waals surface area contributed by atoms with E-state index in [1.54, 1.807) is 12.1 Å². The fraction of sp³-hybridized carbons (Fsp3) is 0.385. The Hall–Kier alpha value is -2.88. The molecule has 162 valence electrons. The maximum absolute atomic E-state index is 9.78. The monoisotopic (exact) mass is 410 g/mol. The zero-order chi connectivity index (χ0) is 21.6. The number of para-hydroxylation sites is 2. The van der Waals surface area contributed by atoms with Gasteiger partial charge >= 0.3 is 0 Å². The Bertz CT molecular complexity index is 824. The summed E-state index contributed by atoms with van der Waals surface area (Å²) in [6.45, 7) is 0. The van der Waals surface area contributed by atoms with Crippen LogP contribution in [0.3, 0.4) is 0 Å². The van der Waals surface area contributed by atoms with Crippen LogP contribution in [0.5, 0.6) is 23.0 Å². The SMILES string of the molecule is Oc1cccc(CCC=CCC=CCCCCCCCc2cccc(O)c2O)c1O. The van der Waals surface area contributed by atoms with Gasteiger partial charge in [0, 0.05) is 0 Å². The summed E-state index contributed by atoms with van der Waals surface area (Å²) >= 11 is 0. The molecule has 4 nitrogen and oxygen atoms in total. The van der Waals surface area contributed by atoms with E-state index in [0.717, 1.165) is 49.7 Å². The van der Waals surface area contributed by atoms with Crippen molar-refractivity contribution in [3.63, 3.8) is 0 Å². The van der Waals surface area contributed by atoms with Gasteiger partial charge in [0.05, 0.1) is 0 Å². The molecule has 0 aromatic heterocycles. The number of aryl methyl sites for hydroxylation is 2.